The molecule has 0 unspecified atom stereocenters. The minimum Gasteiger partial charge on any atom is -0.506 e. The Morgan fingerprint density at radius 1 is 1.21 bits per heavy atom. The van der Waals surface area contributed by atoms with Gasteiger partial charge in [0, 0.05) is 11.6 Å². The van der Waals surface area contributed by atoms with Crippen LogP contribution >= 0.6 is 23.2 Å². The second kappa shape index (κ2) is 9.03. The number of fused-ring (bicyclic) bond motifs is 1. The molecule has 5 nitrogen and oxygen atoms in total. The van der Waals surface area contributed by atoms with Gasteiger partial charge in [-0.3, -0.25) is 4.99 Å². The zero-order valence-corrected chi connectivity index (χ0v) is 16.7. The van der Waals surface area contributed by atoms with E-state index in [0.717, 1.165) is 23.1 Å². The van der Waals surface area contributed by atoms with E-state index in [2.05, 4.69) is 9.98 Å². The van der Waals surface area contributed by atoms with E-state index < -0.39 is 22.7 Å². The summed E-state index contributed by atoms with van der Waals surface area (Å²) >= 11 is 11.6. The Morgan fingerprint density at radius 2 is 1.93 bits per heavy atom. The third-order valence-corrected chi connectivity index (χ3v) is 4.54. The van der Waals surface area contributed by atoms with E-state index in [-0.39, 0.29) is 22.9 Å². The summed E-state index contributed by atoms with van der Waals surface area (Å²) in [6.07, 6.45) is 1.15. The van der Waals surface area contributed by atoms with Gasteiger partial charge < -0.3 is 9.84 Å². The Balaban J connectivity index is 2.13. The molecule has 3 aromatic rings. The van der Waals surface area contributed by atoms with Gasteiger partial charge in [-0.2, -0.15) is 0 Å². The monoisotopic (exact) mass is 432 g/mol. The summed E-state index contributed by atoms with van der Waals surface area (Å²) < 4.78 is 18.8. The number of carbonyl (C=O) groups is 1. The van der Waals surface area contributed by atoms with Crippen LogP contribution in [0, 0.1) is 5.82 Å². The van der Waals surface area contributed by atoms with Crippen molar-refractivity contribution in [1.29, 1.82) is 0 Å². The Hall–Kier alpha value is -2.96. The van der Waals surface area contributed by atoms with Gasteiger partial charge in [-0.15, -0.1) is 0 Å². The first-order valence-corrected chi connectivity index (χ1v) is 9.32. The molecule has 1 heterocycles. The van der Waals surface area contributed by atoms with Crippen molar-refractivity contribution in [2.75, 3.05) is 6.61 Å². The maximum atomic E-state index is 13.8. The number of benzene rings is 2. The average molecular weight is 433 g/mol. The number of pyridine rings is 1. The largest absolute Gasteiger partial charge is 0.506 e. The number of aromatic nitrogens is 1. The number of aliphatic imine (C=N–C) groups is 1. The van der Waals surface area contributed by atoms with Crippen LogP contribution in [0.1, 0.15) is 12.5 Å². The molecule has 0 saturated heterocycles. The van der Waals surface area contributed by atoms with Crippen molar-refractivity contribution in [3.05, 3.63) is 75.8 Å². The molecule has 3 rings (SSSR count). The van der Waals surface area contributed by atoms with Crippen molar-refractivity contribution in [2.24, 2.45) is 4.99 Å². The number of ether oxygens (including phenoxy) is 1. The molecule has 148 valence electrons. The minimum atomic E-state index is -0.896. The molecule has 0 spiro atoms. The van der Waals surface area contributed by atoms with E-state index in [1.807, 2.05) is 36.4 Å². The Bertz CT molecular complexity index is 1140. The molecule has 0 fully saturated rings. The van der Waals surface area contributed by atoms with Crippen molar-refractivity contribution >= 4 is 57.6 Å². The molecule has 0 atom stereocenters. The van der Waals surface area contributed by atoms with Crippen molar-refractivity contribution in [3.63, 3.8) is 0 Å². The molecule has 0 saturated carbocycles. The van der Waals surface area contributed by atoms with Gasteiger partial charge in [0.05, 0.1) is 17.9 Å². The van der Waals surface area contributed by atoms with Crippen LogP contribution < -0.4 is 0 Å². The molecular formula is C21H15Cl2FN2O3. The molecule has 8 heteroatoms. The third kappa shape index (κ3) is 4.55. The van der Waals surface area contributed by atoms with E-state index in [1.165, 1.54) is 0 Å². The van der Waals surface area contributed by atoms with E-state index in [4.69, 9.17) is 27.9 Å². The van der Waals surface area contributed by atoms with Gasteiger partial charge in [-0.05, 0) is 24.4 Å². The molecule has 1 aromatic heterocycles. The average Bonchev–Trinajstić information content (AvgIpc) is 2.71. The summed E-state index contributed by atoms with van der Waals surface area (Å²) in [5.41, 5.74) is 0.0652. The molecule has 0 amide bonds. The number of nitrogens with zero attached hydrogens (tertiary/aromatic N) is 2. The summed E-state index contributed by atoms with van der Waals surface area (Å²) in [5.74, 6) is -2.37. The molecule has 2 aromatic carbocycles. The molecule has 1 N–H and O–H groups in total. The number of esters is 1. The van der Waals surface area contributed by atoms with Gasteiger partial charge in [0.2, 0.25) is 0 Å². The van der Waals surface area contributed by atoms with Crippen LogP contribution in [0.5, 0.6) is 0 Å². The van der Waals surface area contributed by atoms with Gasteiger partial charge >= 0.3 is 5.97 Å². The lowest BCUT2D eigenvalue weighted by Gasteiger charge is -2.09. The fraction of sp³-hybridized carbons (Fsp3) is 0.0952. The van der Waals surface area contributed by atoms with Crippen molar-refractivity contribution in [1.82, 2.24) is 4.98 Å². The predicted octanol–water partition coefficient (Wildman–Crippen LogP) is 5.92. The molecule has 0 aliphatic rings. The van der Waals surface area contributed by atoms with Gasteiger partial charge in [-0.25, -0.2) is 14.2 Å². The standard InChI is InChI=1S/C21H15Cl2FN2O3/c1-2-29-21(28)15(18(27)14-10-16(24)20(23)26-19(14)22)11-25-17-9-5-7-12-6-3-4-8-13(12)17/h3-11,27H,2H2,1H3/b18-15-,25-11?. The zero-order chi connectivity index (χ0) is 21.0. The lowest BCUT2D eigenvalue weighted by Crippen LogP contribution is -2.11. The molecule has 0 aliphatic carbocycles. The highest BCUT2D eigenvalue weighted by atomic mass is 35.5. The number of halogens is 3. The van der Waals surface area contributed by atoms with Crippen LogP contribution in [0.2, 0.25) is 10.3 Å². The summed E-state index contributed by atoms with van der Waals surface area (Å²) in [4.78, 5) is 20.3. The number of aliphatic hydroxyl groups excluding tert-OH is 1. The lowest BCUT2D eigenvalue weighted by molar-refractivity contribution is -0.137. The summed E-state index contributed by atoms with van der Waals surface area (Å²) in [6.45, 7) is 1.68. The van der Waals surface area contributed by atoms with Crippen LogP contribution in [0.25, 0.3) is 16.5 Å². The molecule has 29 heavy (non-hydrogen) atoms. The van der Waals surface area contributed by atoms with Crippen LogP contribution in [-0.4, -0.2) is 28.9 Å². The van der Waals surface area contributed by atoms with Gasteiger partial charge in [-0.1, -0.05) is 59.6 Å². The summed E-state index contributed by atoms with van der Waals surface area (Å²) in [7, 11) is 0. The Kier molecular flexibility index (Phi) is 6.46. The SMILES string of the molecule is CCOC(=O)/C(C=Nc1cccc2ccccc12)=C(\O)c1cc(F)c(Cl)nc1Cl. The normalized spacial score (nSPS) is 12.3. The summed E-state index contributed by atoms with van der Waals surface area (Å²) in [6, 6.07) is 14.0. The van der Waals surface area contributed by atoms with E-state index in [9.17, 15) is 14.3 Å². The van der Waals surface area contributed by atoms with Crippen molar-refractivity contribution in [2.45, 2.75) is 6.92 Å². The lowest BCUT2D eigenvalue weighted by atomic mass is 10.1. The van der Waals surface area contributed by atoms with Crippen LogP contribution in [0.3, 0.4) is 0 Å². The molecule has 0 radical (unpaired) electrons. The van der Waals surface area contributed by atoms with Crippen LogP contribution in [0.4, 0.5) is 10.1 Å². The van der Waals surface area contributed by atoms with E-state index in [0.29, 0.717) is 5.69 Å². The number of hydrogen-bond donors (Lipinski definition) is 1. The van der Waals surface area contributed by atoms with Gasteiger partial charge in [0.15, 0.2) is 11.0 Å². The second-order valence-corrected chi connectivity index (χ2v) is 6.55. The fourth-order valence-electron chi connectivity index (χ4n) is 2.63. The predicted molar refractivity (Wildman–Crippen MR) is 112 cm³/mol. The van der Waals surface area contributed by atoms with Crippen LogP contribution in [-0.2, 0) is 9.53 Å². The Morgan fingerprint density at radius 3 is 2.69 bits per heavy atom. The number of hydrogen-bond acceptors (Lipinski definition) is 5. The van der Waals surface area contributed by atoms with E-state index in [1.54, 1.807) is 13.0 Å². The molecule has 0 aliphatic heterocycles. The number of aliphatic hydroxyl groups is 1. The van der Waals surface area contributed by atoms with Crippen LogP contribution in [0.15, 0.2) is 59.1 Å². The van der Waals surface area contributed by atoms with Gasteiger partial charge in [0.25, 0.3) is 0 Å². The maximum absolute atomic E-state index is 13.8. The zero-order valence-electron chi connectivity index (χ0n) is 15.2. The van der Waals surface area contributed by atoms with E-state index >= 15 is 0 Å². The first kappa shape index (κ1) is 20.8. The fourth-order valence-corrected chi connectivity index (χ4v) is 3.04. The highest BCUT2D eigenvalue weighted by Crippen LogP contribution is 2.29. The highest BCUT2D eigenvalue weighted by Gasteiger charge is 2.20. The Labute approximate surface area is 176 Å². The number of rotatable bonds is 5. The minimum absolute atomic E-state index is 0.0681. The second-order valence-electron chi connectivity index (χ2n) is 5.84. The van der Waals surface area contributed by atoms with Gasteiger partial charge in [0.1, 0.15) is 16.5 Å². The quantitative estimate of drug-likeness (QED) is 0.178. The summed E-state index contributed by atoms with van der Waals surface area (Å²) in [5, 5.41) is 11.7. The topological polar surface area (TPSA) is 71.8 Å². The molecular weight excluding hydrogens is 418 g/mol. The van der Waals surface area contributed by atoms with Crippen molar-refractivity contribution < 1.29 is 19.0 Å². The highest BCUT2D eigenvalue weighted by molar-refractivity contribution is 6.34. The van der Waals surface area contributed by atoms with Crippen molar-refractivity contribution in [3.8, 4) is 0 Å². The maximum Gasteiger partial charge on any atom is 0.343 e. The number of carbonyl (C=O) groups excluding carboxylic acids is 1. The first-order valence-electron chi connectivity index (χ1n) is 8.56. The smallest absolute Gasteiger partial charge is 0.343 e. The third-order valence-electron chi connectivity index (χ3n) is 3.99. The first-order chi connectivity index (χ1) is 13.9. The molecule has 0 bridgehead atoms.